The Kier molecular flexibility index (Phi) is 4.12. The number of carbonyl (C=O) groups excluding carboxylic acids is 1. The first-order chi connectivity index (χ1) is 11.0. The molecule has 7 nitrogen and oxygen atoms in total. The predicted octanol–water partition coefficient (Wildman–Crippen LogP) is 1.71. The number of halogens is 1. The number of H-pyrrole nitrogens is 1. The zero-order chi connectivity index (χ0) is 16.6. The van der Waals surface area contributed by atoms with Gasteiger partial charge in [0.2, 0.25) is 11.2 Å². The summed E-state index contributed by atoms with van der Waals surface area (Å²) in [7, 11) is 3.63. The normalized spacial score (nSPS) is 17.5. The highest BCUT2D eigenvalue weighted by molar-refractivity contribution is 6.32. The van der Waals surface area contributed by atoms with Crippen molar-refractivity contribution >= 4 is 23.5 Å². The lowest BCUT2D eigenvalue weighted by Gasteiger charge is -2.17. The molecule has 3 heterocycles. The van der Waals surface area contributed by atoms with Crippen LogP contribution in [0.15, 0.2) is 27.6 Å². The summed E-state index contributed by atoms with van der Waals surface area (Å²) in [5.74, 6) is 0.379. The molecule has 0 spiro atoms. The number of anilines is 1. The molecule has 1 unspecified atom stereocenters. The maximum Gasteiger partial charge on any atom is 0.258 e. The molecule has 1 N–H and O–H groups in total. The van der Waals surface area contributed by atoms with E-state index in [9.17, 15) is 9.59 Å². The van der Waals surface area contributed by atoms with E-state index in [0.29, 0.717) is 30.3 Å². The molecule has 0 radical (unpaired) electrons. The predicted molar refractivity (Wildman–Crippen MR) is 86.2 cm³/mol. The Morgan fingerprint density at radius 1 is 1.52 bits per heavy atom. The van der Waals surface area contributed by atoms with E-state index in [4.69, 9.17) is 16.0 Å². The fraction of sp³-hybridized carbons (Fsp3) is 0.400. The lowest BCUT2D eigenvalue weighted by molar-refractivity contribution is 0.0790. The summed E-state index contributed by atoms with van der Waals surface area (Å²) in [4.78, 5) is 34.8. The molecular weight excluding hydrogens is 320 g/mol. The number of furan rings is 1. The SMILES string of the molecule is CN(C)c1nc(C2CCN(C(=O)c3ccoc3Cl)C2)cc(=O)[nH]1. The van der Waals surface area contributed by atoms with Crippen LogP contribution in [0.2, 0.25) is 5.22 Å². The van der Waals surface area contributed by atoms with Gasteiger partial charge in [-0.1, -0.05) is 0 Å². The van der Waals surface area contributed by atoms with Crippen LogP contribution in [-0.2, 0) is 0 Å². The van der Waals surface area contributed by atoms with Crippen LogP contribution in [0, 0.1) is 0 Å². The third-order valence-corrected chi connectivity index (χ3v) is 4.21. The van der Waals surface area contributed by atoms with E-state index in [1.54, 1.807) is 15.9 Å². The van der Waals surface area contributed by atoms with Crippen molar-refractivity contribution in [3.05, 3.63) is 45.2 Å². The van der Waals surface area contributed by atoms with Crippen molar-refractivity contribution in [3.63, 3.8) is 0 Å². The fourth-order valence-corrected chi connectivity index (χ4v) is 2.88. The lowest BCUT2D eigenvalue weighted by Crippen LogP contribution is -2.28. The highest BCUT2D eigenvalue weighted by Crippen LogP contribution is 2.28. The number of aromatic nitrogens is 2. The molecule has 1 atom stereocenters. The minimum absolute atomic E-state index is 0.0330. The molecule has 8 heteroatoms. The molecule has 0 saturated carbocycles. The molecule has 1 fully saturated rings. The zero-order valence-corrected chi connectivity index (χ0v) is 13.6. The zero-order valence-electron chi connectivity index (χ0n) is 12.9. The van der Waals surface area contributed by atoms with Gasteiger partial charge in [0.15, 0.2) is 0 Å². The van der Waals surface area contributed by atoms with Crippen molar-refractivity contribution in [1.82, 2.24) is 14.9 Å². The number of nitrogens with one attached hydrogen (secondary N) is 1. The molecule has 2 aromatic rings. The van der Waals surface area contributed by atoms with Crippen LogP contribution >= 0.6 is 11.6 Å². The van der Waals surface area contributed by atoms with E-state index in [1.807, 2.05) is 14.1 Å². The third kappa shape index (κ3) is 3.10. The van der Waals surface area contributed by atoms with Crippen LogP contribution in [0.5, 0.6) is 0 Å². The van der Waals surface area contributed by atoms with Gasteiger partial charge >= 0.3 is 0 Å². The van der Waals surface area contributed by atoms with E-state index in [1.165, 1.54) is 12.3 Å². The Morgan fingerprint density at radius 2 is 2.30 bits per heavy atom. The Labute approximate surface area is 137 Å². The molecule has 1 amide bonds. The topological polar surface area (TPSA) is 82.4 Å². The smallest absolute Gasteiger partial charge is 0.258 e. The summed E-state index contributed by atoms with van der Waals surface area (Å²) in [6.45, 7) is 1.10. The Bertz CT molecular complexity index is 783. The summed E-state index contributed by atoms with van der Waals surface area (Å²) in [5.41, 5.74) is 0.868. The summed E-state index contributed by atoms with van der Waals surface area (Å²) in [6.07, 6.45) is 2.15. The van der Waals surface area contributed by atoms with Gasteiger partial charge < -0.3 is 14.2 Å². The van der Waals surface area contributed by atoms with Gasteiger partial charge in [-0.05, 0) is 24.1 Å². The van der Waals surface area contributed by atoms with Gasteiger partial charge in [-0.15, -0.1) is 0 Å². The highest BCUT2D eigenvalue weighted by atomic mass is 35.5. The van der Waals surface area contributed by atoms with Gasteiger partial charge in [-0.3, -0.25) is 14.6 Å². The average molecular weight is 337 g/mol. The van der Waals surface area contributed by atoms with Crippen LogP contribution in [0.4, 0.5) is 5.95 Å². The van der Waals surface area contributed by atoms with Crippen molar-refractivity contribution < 1.29 is 9.21 Å². The Morgan fingerprint density at radius 3 is 2.96 bits per heavy atom. The minimum Gasteiger partial charge on any atom is -0.452 e. The minimum atomic E-state index is -0.193. The number of aromatic amines is 1. The molecule has 122 valence electrons. The summed E-state index contributed by atoms with van der Waals surface area (Å²) >= 11 is 5.87. The number of hydrogen-bond donors (Lipinski definition) is 1. The largest absolute Gasteiger partial charge is 0.452 e. The second kappa shape index (κ2) is 6.08. The van der Waals surface area contributed by atoms with Gasteiger partial charge in [0.1, 0.15) is 0 Å². The molecule has 23 heavy (non-hydrogen) atoms. The number of amides is 1. The average Bonchev–Trinajstić information content (AvgIpc) is 3.14. The number of rotatable bonds is 3. The summed E-state index contributed by atoms with van der Waals surface area (Å²) in [6, 6.07) is 3.06. The van der Waals surface area contributed by atoms with Crippen LogP contribution in [-0.4, -0.2) is 48.0 Å². The second-order valence-corrected chi connectivity index (χ2v) is 6.08. The molecule has 0 aliphatic carbocycles. The first-order valence-electron chi connectivity index (χ1n) is 7.26. The molecule has 0 aromatic carbocycles. The Balaban J connectivity index is 1.79. The molecule has 2 aromatic heterocycles. The highest BCUT2D eigenvalue weighted by Gasteiger charge is 2.30. The maximum absolute atomic E-state index is 12.4. The monoisotopic (exact) mass is 336 g/mol. The van der Waals surface area contributed by atoms with Crippen molar-refractivity contribution in [2.45, 2.75) is 12.3 Å². The first kappa shape index (κ1) is 15.6. The maximum atomic E-state index is 12.4. The van der Waals surface area contributed by atoms with E-state index in [-0.39, 0.29) is 22.6 Å². The van der Waals surface area contributed by atoms with Crippen molar-refractivity contribution in [1.29, 1.82) is 0 Å². The number of carbonyl (C=O) groups is 1. The lowest BCUT2D eigenvalue weighted by atomic mass is 10.1. The van der Waals surface area contributed by atoms with Crippen molar-refractivity contribution in [2.24, 2.45) is 0 Å². The van der Waals surface area contributed by atoms with Crippen LogP contribution in [0.25, 0.3) is 0 Å². The van der Waals surface area contributed by atoms with Gasteiger partial charge in [0, 0.05) is 39.2 Å². The second-order valence-electron chi connectivity index (χ2n) is 5.73. The third-order valence-electron chi connectivity index (χ3n) is 3.91. The van der Waals surface area contributed by atoms with Crippen LogP contribution in [0.1, 0.15) is 28.4 Å². The molecule has 1 aliphatic rings. The summed E-state index contributed by atoms with van der Waals surface area (Å²) in [5, 5.41) is 0.0997. The molecule has 3 rings (SSSR count). The van der Waals surface area contributed by atoms with Gasteiger partial charge in [0.25, 0.3) is 11.5 Å². The number of hydrogen-bond acceptors (Lipinski definition) is 5. The number of likely N-dealkylation sites (tertiary alicyclic amines) is 1. The van der Waals surface area contributed by atoms with Gasteiger partial charge in [-0.2, -0.15) is 0 Å². The number of nitrogens with zero attached hydrogens (tertiary/aromatic N) is 3. The van der Waals surface area contributed by atoms with Crippen LogP contribution < -0.4 is 10.5 Å². The van der Waals surface area contributed by atoms with E-state index in [0.717, 1.165) is 6.42 Å². The van der Waals surface area contributed by atoms with Crippen LogP contribution in [0.3, 0.4) is 0 Å². The van der Waals surface area contributed by atoms with Gasteiger partial charge in [0.05, 0.1) is 17.5 Å². The van der Waals surface area contributed by atoms with Crippen molar-refractivity contribution in [2.75, 3.05) is 32.1 Å². The molecular formula is C15H17ClN4O3. The molecule has 1 aliphatic heterocycles. The van der Waals surface area contributed by atoms with Gasteiger partial charge in [-0.25, -0.2) is 4.98 Å². The van der Waals surface area contributed by atoms with E-state index < -0.39 is 0 Å². The van der Waals surface area contributed by atoms with E-state index >= 15 is 0 Å². The fourth-order valence-electron chi connectivity index (χ4n) is 2.69. The Hall–Kier alpha value is -2.28. The first-order valence-corrected chi connectivity index (χ1v) is 7.64. The standard InChI is InChI=1S/C15H17ClN4O3/c1-19(2)15-17-11(7-12(21)18-15)9-3-5-20(8-9)14(22)10-4-6-23-13(10)16/h4,6-7,9H,3,5,8H2,1-2H3,(H,17,18,21). The summed E-state index contributed by atoms with van der Waals surface area (Å²) < 4.78 is 4.97. The molecule has 1 saturated heterocycles. The molecule has 0 bridgehead atoms. The quantitative estimate of drug-likeness (QED) is 0.922. The van der Waals surface area contributed by atoms with E-state index in [2.05, 4.69) is 9.97 Å². The van der Waals surface area contributed by atoms with Crippen molar-refractivity contribution in [3.8, 4) is 0 Å².